The number of amides is 1. The van der Waals surface area contributed by atoms with Gasteiger partial charge in [0.15, 0.2) is 0 Å². The fourth-order valence-corrected chi connectivity index (χ4v) is 2.75. The van der Waals surface area contributed by atoms with Crippen LogP contribution < -0.4 is 0 Å². The first-order valence-electron chi connectivity index (χ1n) is 8.47. The number of carbonyl (C=O) groups excluding carboxylic acids is 1. The van der Waals surface area contributed by atoms with Crippen molar-refractivity contribution in [1.82, 2.24) is 9.80 Å². The van der Waals surface area contributed by atoms with E-state index >= 15 is 0 Å². The Morgan fingerprint density at radius 2 is 1.96 bits per heavy atom. The van der Waals surface area contributed by atoms with E-state index in [4.69, 9.17) is 9.47 Å². The Morgan fingerprint density at radius 3 is 2.65 bits per heavy atom. The van der Waals surface area contributed by atoms with Crippen molar-refractivity contribution in [3.05, 3.63) is 35.9 Å². The van der Waals surface area contributed by atoms with E-state index in [2.05, 4.69) is 25.7 Å². The highest BCUT2D eigenvalue weighted by Crippen LogP contribution is 2.21. The molecule has 1 amide bonds. The first-order chi connectivity index (χ1) is 11.2. The lowest BCUT2D eigenvalue weighted by Crippen LogP contribution is -2.54. The number of hydrogen-bond donors (Lipinski definition) is 0. The molecule has 23 heavy (non-hydrogen) atoms. The van der Waals surface area contributed by atoms with Crippen LogP contribution >= 0.6 is 0 Å². The van der Waals surface area contributed by atoms with Gasteiger partial charge >= 0.3 is 6.09 Å². The molecule has 2 fully saturated rings. The summed E-state index contributed by atoms with van der Waals surface area (Å²) in [6.45, 7) is 9.57. The van der Waals surface area contributed by atoms with Gasteiger partial charge in [-0.25, -0.2) is 4.79 Å². The zero-order valence-electron chi connectivity index (χ0n) is 14.4. The summed E-state index contributed by atoms with van der Waals surface area (Å²) in [6, 6.07) is 10.1. The number of benzene rings is 1. The van der Waals surface area contributed by atoms with E-state index in [0.29, 0.717) is 32.5 Å². The highest BCUT2D eigenvalue weighted by molar-refractivity contribution is 5.67. The Bertz CT molecular complexity index is 480. The monoisotopic (exact) mass is 320 g/mol. The van der Waals surface area contributed by atoms with Gasteiger partial charge in [-0.05, 0) is 12.5 Å². The van der Waals surface area contributed by atoms with Gasteiger partial charge in [-0.2, -0.15) is 0 Å². The second kappa shape index (κ2) is 8.89. The van der Waals surface area contributed by atoms with Crippen LogP contribution in [0.15, 0.2) is 30.3 Å². The predicted octanol–water partition coefficient (Wildman–Crippen LogP) is 3.10. The Balaban J connectivity index is 0.000000595. The predicted molar refractivity (Wildman–Crippen MR) is 90.1 cm³/mol. The van der Waals surface area contributed by atoms with Crippen molar-refractivity contribution in [3.63, 3.8) is 0 Å². The Labute approximate surface area is 139 Å². The highest BCUT2D eigenvalue weighted by atomic mass is 16.6. The van der Waals surface area contributed by atoms with Crippen molar-refractivity contribution in [2.24, 2.45) is 0 Å². The Hall–Kier alpha value is -1.59. The number of carbonyl (C=O) groups is 1. The van der Waals surface area contributed by atoms with Crippen molar-refractivity contribution >= 4 is 6.09 Å². The normalized spacial score (nSPS) is 23.7. The van der Waals surface area contributed by atoms with Gasteiger partial charge in [0.1, 0.15) is 6.61 Å². The van der Waals surface area contributed by atoms with Crippen LogP contribution in [0.2, 0.25) is 0 Å². The summed E-state index contributed by atoms with van der Waals surface area (Å²) in [5.74, 6) is 0. The van der Waals surface area contributed by atoms with E-state index in [1.807, 2.05) is 30.3 Å². The third-order valence-corrected chi connectivity index (χ3v) is 4.04. The molecule has 2 aliphatic rings. The molecule has 0 spiro atoms. The van der Waals surface area contributed by atoms with Gasteiger partial charge in [0.2, 0.25) is 0 Å². The van der Waals surface area contributed by atoms with Gasteiger partial charge < -0.3 is 14.4 Å². The summed E-state index contributed by atoms with van der Waals surface area (Å²) in [4.78, 5) is 16.2. The molecule has 3 rings (SSSR count). The molecule has 5 nitrogen and oxygen atoms in total. The molecule has 0 radical (unpaired) electrons. The molecule has 0 bridgehead atoms. The van der Waals surface area contributed by atoms with Crippen molar-refractivity contribution in [2.45, 2.75) is 45.9 Å². The lowest BCUT2D eigenvalue weighted by atomic mass is 10.1. The molecule has 2 aliphatic heterocycles. The summed E-state index contributed by atoms with van der Waals surface area (Å²) >= 11 is 0. The Kier molecular flexibility index (Phi) is 6.86. The first kappa shape index (κ1) is 17.8. The lowest BCUT2D eigenvalue weighted by molar-refractivity contribution is 0.0579. The van der Waals surface area contributed by atoms with Crippen LogP contribution in [0.1, 0.15) is 32.8 Å². The zero-order chi connectivity index (χ0) is 16.7. The minimum absolute atomic E-state index is 0.180. The van der Waals surface area contributed by atoms with Crippen molar-refractivity contribution < 1.29 is 14.3 Å². The molecule has 2 atom stereocenters. The highest BCUT2D eigenvalue weighted by Gasteiger charge is 2.38. The van der Waals surface area contributed by atoms with Crippen LogP contribution in [0.3, 0.4) is 0 Å². The summed E-state index contributed by atoms with van der Waals surface area (Å²) in [5.41, 5.74) is 1.01. The zero-order valence-corrected chi connectivity index (χ0v) is 14.4. The molecular formula is C18H28N2O3. The largest absolute Gasteiger partial charge is 0.445 e. The van der Waals surface area contributed by atoms with Gasteiger partial charge in [-0.15, -0.1) is 0 Å². The smallest absolute Gasteiger partial charge is 0.410 e. The SMILES string of the molecule is CCC.C[C@@H]1OCN2CCN(C(=O)OCc3ccccc3)C[C@@H]12. The van der Waals surface area contributed by atoms with Crippen LogP contribution in [-0.4, -0.2) is 54.4 Å². The maximum atomic E-state index is 12.1. The molecule has 1 aromatic carbocycles. The van der Waals surface area contributed by atoms with Gasteiger partial charge in [-0.1, -0.05) is 50.6 Å². The van der Waals surface area contributed by atoms with E-state index in [0.717, 1.165) is 12.1 Å². The third kappa shape index (κ3) is 4.94. The van der Waals surface area contributed by atoms with Crippen LogP contribution in [-0.2, 0) is 16.1 Å². The summed E-state index contributed by atoms with van der Waals surface area (Å²) in [5, 5.41) is 0. The second-order valence-corrected chi connectivity index (χ2v) is 6.07. The van der Waals surface area contributed by atoms with E-state index < -0.39 is 0 Å². The van der Waals surface area contributed by atoms with E-state index in [9.17, 15) is 4.79 Å². The molecule has 0 aromatic heterocycles. The number of ether oxygens (including phenoxy) is 2. The molecule has 2 heterocycles. The Morgan fingerprint density at radius 1 is 1.26 bits per heavy atom. The quantitative estimate of drug-likeness (QED) is 0.840. The number of rotatable bonds is 2. The third-order valence-electron chi connectivity index (χ3n) is 4.04. The fraction of sp³-hybridized carbons (Fsp3) is 0.611. The number of nitrogens with zero attached hydrogens (tertiary/aromatic N) is 2. The summed E-state index contributed by atoms with van der Waals surface area (Å²) in [6.07, 6.45) is 1.20. The van der Waals surface area contributed by atoms with Crippen molar-refractivity contribution in [3.8, 4) is 0 Å². The number of hydrogen-bond acceptors (Lipinski definition) is 4. The number of piperazine rings is 1. The standard InChI is InChI=1S/C15H20N2O3.C3H8/c1-12-14-9-16(7-8-17(14)11-20-12)15(18)19-10-13-5-3-2-4-6-13;1-3-2/h2-6,12,14H,7-11H2,1H3;3H2,1-2H3/t12-,14-;/m0./s1. The average molecular weight is 320 g/mol. The van der Waals surface area contributed by atoms with Gasteiger partial charge in [0.05, 0.1) is 18.9 Å². The van der Waals surface area contributed by atoms with Gasteiger partial charge in [-0.3, -0.25) is 4.90 Å². The van der Waals surface area contributed by atoms with E-state index in [-0.39, 0.29) is 12.2 Å². The molecular weight excluding hydrogens is 292 g/mol. The molecule has 5 heteroatoms. The lowest BCUT2D eigenvalue weighted by Gasteiger charge is -2.36. The molecule has 128 valence electrons. The molecule has 0 unspecified atom stereocenters. The van der Waals surface area contributed by atoms with Crippen LogP contribution in [0.4, 0.5) is 4.79 Å². The van der Waals surface area contributed by atoms with Crippen LogP contribution in [0.5, 0.6) is 0 Å². The van der Waals surface area contributed by atoms with E-state index in [1.54, 1.807) is 4.90 Å². The fourth-order valence-electron chi connectivity index (χ4n) is 2.75. The maximum absolute atomic E-state index is 12.1. The van der Waals surface area contributed by atoms with Crippen LogP contribution in [0.25, 0.3) is 0 Å². The molecule has 2 saturated heterocycles. The van der Waals surface area contributed by atoms with Crippen LogP contribution in [0, 0.1) is 0 Å². The molecule has 0 aliphatic carbocycles. The summed E-state index contributed by atoms with van der Waals surface area (Å²) in [7, 11) is 0. The van der Waals surface area contributed by atoms with Crippen molar-refractivity contribution in [2.75, 3.05) is 26.4 Å². The average Bonchev–Trinajstić information content (AvgIpc) is 2.95. The minimum Gasteiger partial charge on any atom is -0.445 e. The van der Waals surface area contributed by atoms with Crippen molar-refractivity contribution in [1.29, 1.82) is 0 Å². The maximum Gasteiger partial charge on any atom is 0.410 e. The summed E-state index contributed by atoms with van der Waals surface area (Å²) < 4.78 is 11.0. The topological polar surface area (TPSA) is 42.0 Å². The minimum atomic E-state index is -0.229. The molecule has 1 aromatic rings. The van der Waals surface area contributed by atoms with Gasteiger partial charge in [0, 0.05) is 19.6 Å². The van der Waals surface area contributed by atoms with Gasteiger partial charge in [0.25, 0.3) is 0 Å². The molecule has 0 saturated carbocycles. The van der Waals surface area contributed by atoms with E-state index in [1.165, 1.54) is 6.42 Å². The number of fused-ring (bicyclic) bond motifs is 1. The first-order valence-corrected chi connectivity index (χ1v) is 8.47. The molecule has 0 N–H and O–H groups in total. The second-order valence-electron chi connectivity index (χ2n) is 6.07.